The minimum absolute atomic E-state index is 0.192. The molecular weight excluding hydrogens is 400 g/mol. The van der Waals surface area contributed by atoms with Gasteiger partial charge in [-0.15, -0.1) is 0 Å². The number of amides is 1. The summed E-state index contributed by atoms with van der Waals surface area (Å²) in [7, 11) is 0. The largest absolute Gasteiger partial charge is 0.378 e. The van der Waals surface area contributed by atoms with Crippen molar-refractivity contribution in [2.45, 2.75) is 32.4 Å². The number of benzene rings is 2. The molecule has 0 spiro atoms. The Labute approximate surface area is 189 Å². The standard InChI is InChI=1S/C26H30N4O2/c1-19-10-11-22-23(27-19)7-3-8-24(22)28-13-15-29(16-14-28)26(32)18-20-5-2-6-21(17-20)30-12-4-9-25(30)31/h2-3,5-8,10-11,17,26,32H,4,9,12-16,18H2,1H3. The number of carbonyl (C=O) groups is 1. The number of aliphatic hydroxyl groups is 1. The van der Waals surface area contributed by atoms with E-state index in [1.165, 1.54) is 11.1 Å². The summed E-state index contributed by atoms with van der Waals surface area (Å²) < 4.78 is 0. The summed E-state index contributed by atoms with van der Waals surface area (Å²) in [5, 5.41) is 12.1. The molecule has 1 N–H and O–H groups in total. The second kappa shape index (κ2) is 8.88. The van der Waals surface area contributed by atoms with Crippen LogP contribution in [0.15, 0.2) is 54.6 Å². The smallest absolute Gasteiger partial charge is 0.227 e. The summed E-state index contributed by atoms with van der Waals surface area (Å²) >= 11 is 0. The van der Waals surface area contributed by atoms with Crippen LogP contribution in [0.1, 0.15) is 24.1 Å². The predicted octanol–water partition coefficient (Wildman–Crippen LogP) is 3.35. The summed E-state index contributed by atoms with van der Waals surface area (Å²) in [6.45, 7) is 6.15. The minimum atomic E-state index is -0.529. The second-order valence-electron chi connectivity index (χ2n) is 8.82. The fourth-order valence-corrected chi connectivity index (χ4v) is 4.89. The molecule has 0 saturated carbocycles. The first-order valence-corrected chi connectivity index (χ1v) is 11.5. The topological polar surface area (TPSA) is 59.9 Å². The molecule has 1 aromatic heterocycles. The monoisotopic (exact) mass is 430 g/mol. The number of aliphatic hydroxyl groups excluding tert-OH is 1. The summed E-state index contributed by atoms with van der Waals surface area (Å²) in [4.78, 5) is 23.1. The van der Waals surface area contributed by atoms with Crippen LogP contribution in [-0.4, -0.2) is 59.8 Å². The molecule has 3 heterocycles. The summed E-state index contributed by atoms with van der Waals surface area (Å²) in [5.74, 6) is 0.192. The number of piperazine rings is 1. The van der Waals surface area contributed by atoms with Crippen molar-refractivity contribution in [1.29, 1.82) is 0 Å². The van der Waals surface area contributed by atoms with E-state index in [2.05, 4.69) is 45.1 Å². The van der Waals surface area contributed by atoms with Crippen molar-refractivity contribution in [2.24, 2.45) is 0 Å². The average Bonchev–Trinajstić information content (AvgIpc) is 3.24. The summed E-state index contributed by atoms with van der Waals surface area (Å²) in [5.41, 5.74) is 5.28. The van der Waals surface area contributed by atoms with Gasteiger partial charge in [0, 0.05) is 68.0 Å². The Kier molecular flexibility index (Phi) is 5.81. The van der Waals surface area contributed by atoms with Crippen molar-refractivity contribution in [3.8, 4) is 0 Å². The predicted molar refractivity (Wildman–Crippen MR) is 128 cm³/mol. The van der Waals surface area contributed by atoms with Gasteiger partial charge in [-0.2, -0.15) is 0 Å². The maximum Gasteiger partial charge on any atom is 0.227 e. The first-order valence-electron chi connectivity index (χ1n) is 11.5. The first-order chi connectivity index (χ1) is 15.6. The quantitative estimate of drug-likeness (QED) is 0.673. The molecule has 6 nitrogen and oxygen atoms in total. The van der Waals surface area contributed by atoms with Gasteiger partial charge in [-0.05, 0) is 55.3 Å². The Balaban J connectivity index is 1.23. The van der Waals surface area contributed by atoms with E-state index in [4.69, 9.17) is 0 Å². The molecule has 2 aromatic carbocycles. The zero-order chi connectivity index (χ0) is 22.1. The van der Waals surface area contributed by atoms with Gasteiger partial charge < -0.3 is 14.9 Å². The lowest BCUT2D eigenvalue weighted by molar-refractivity contribution is -0.117. The molecule has 2 saturated heterocycles. The third kappa shape index (κ3) is 4.20. The number of hydrogen-bond donors (Lipinski definition) is 1. The number of hydrogen-bond acceptors (Lipinski definition) is 5. The average molecular weight is 431 g/mol. The molecule has 6 heteroatoms. The zero-order valence-corrected chi connectivity index (χ0v) is 18.6. The first kappa shape index (κ1) is 20.9. The molecule has 0 aliphatic carbocycles. The third-order valence-electron chi connectivity index (χ3n) is 6.64. The van der Waals surface area contributed by atoms with Crippen LogP contribution in [0.2, 0.25) is 0 Å². The number of fused-ring (bicyclic) bond motifs is 1. The van der Waals surface area contributed by atoms with Gasteiger partial charge in [0.25, 0.3) is 0 Å². The van der Waals surface area contributed by atoms with E-state index in [1.807, 2.05) is 36.1 Å². The van der Waals surface area contributed by atoms with Gasteiger partial charge in [0.15, 0.2) is 0 Å². The number of nitrogens with zero attached hydrogens (tertiary/aromatic N) is 4. The van der Waals surface area contributed by atoms with E-state index in [9.17, 15) is 9.90 Å². The minimum Gasteiger partial charge on any atom is -0.378 e. The lowest BCUT2D eigenvalue weighted by Gasteiger charge is -2.38. The van der Waals surface area contributed by atoms with Crippen molar-refractivity contribution < 1.29 is 9.90 Å². The maximum atomic E-state index is 12.1. The number of carbonyl (C=O) groups excluding carboxylic acids is 1. The van der Waals surface area contributed by atoms with Gasteiger partial charge in [0.05, 0.1) is 5.52 Å². The number of aryl methyl sites for hydroxylation is 1. The molecule has 2 fully saturated rings. The highest BCUT2D eigenvalue weighted by Gasteiger charge is 2.25. The maximum absolute atomic E-state index is 12.1. The molecule has 2 aliphatic heterocycles. The normalized spacial score (nSPS) is 18.5. The van der Waals surface area contributed by atoms with Crippen LogP contribution < -0.4 is 9.80 Å². The Morgan fingerprint density at radius 1 is 1.00 bits per heavy atom. The van der Waals surface area contributed by atoms with E-state index in [1.54, 1.807) is 0 Å². The van der Waals surface area contributed by atoms with Gasteiger partial charge in [0.1, 0.15) is 6.23 Å². The van der Waals surface area contributed by atoms with E-state index in [0.29, 0.717) is 12.8 Å². The van der Waals surface area contributed by atoms with Crippen LogP contribution in [0.25, 0.3) is 10.9 Å². The second-order valence-corrected chi connectivity index (χ2v) is 8.82. The third-order valence-corrected chi connectivity index (χ3v) is 6.64. The van der Waals surface area contributed by atoms with E-state index < -0.39 is 6.23 Å². The highest BCUT2D eigenvalue weighted by molar-refractivity contribution is 5.95. The molecule has 1 amide bonds. The molecular formula is C26H30N4O2. The van der Waals surface area contributed by atoms with E-state index in [-0.39, 0.29) is 5.91 Å². The Hall–Kier alpha value is -2.96. The lowest BCUT2D eigenvalue weighted by atomic mass is 10.1. The highest BCUT2D eigenvalue weighted by atomic mass is 16.3. The number of anilines is 2. The number of aromatic nitrogens is 1. The van der Waals surface area contributed by atoms with Crippen LogP contribution in [0.4, 0.5) is 11.4 Å². The fourth-order valence-electron chi connectivity index (χ4n) is 4.89. The molecule has 166 valence electrons. The van der Waals surface area contributed by atoms with Gasteiger partial charge in [-0.3, -0.25) is 14.7 Å². The van der Waals surface area contributed by atoms with Gasteiger partial charge >= 0.3 is 0 Å². The number of pyridine rings is 1. The van der Waals surface area contributed by atoms with Gasteiger partial charge in [-0.25, -0.2) is 0 Å². The van der Waals surface area contributed by atoms with Crippen LogP contribution in [-0.2, 0) is 11.2 Å². The molecule has 1 unspecified atom stereocenters. The molecule has 0 bridgehead atoms. The molecule has 5 rings (SSSR count). The van der Waals surface area contributed by atoms with Crippen molar-refractivity contribution in [2.75, 3.05) is 42.5 Å². The summed E-state index contributed by atoms with van der Waals surface area (Å²) in [6.07, 6.45) is 1.58. The van der Waals surface area contributed by atoms with Crippen molar-refractivity contribution in [1.82, 2.24) is 9.88 Å². The number of rotatable bonds is 5. The van der Waals surface area contributed by atoms with Crippen molar-refractivity contribution in [3.63, 3.8) is 0 Å². The van der Waals surface area contributed by atoms with E-state index in [0.717, 1.165) is 61.6 Å². The Bertz CT molecular complexity index is 1120. The van der Waals surface area contributed by atoms with Crippen molar-refractivity contribution >= 4 is 28.2 Å². The summed E-state index contributed by atoms with van der Waals surface area (Å²) in [6, 6.07) is 18.6. The highest BCUT2D eigenvalue weighted by Crippen LogP contribution is 2.28. The molecule has 32 heavy (non-hydrogen) atoms. The fraction of sp³-hybridized carbons (Fsp3) is 0.385. The Morgan fingerprint density at radius 2 is 1.81 bits per heavy atom. The van der Waals surface area contributed by atoms with Crippen molar-refractivity contribution in [3.05, 3.63) is 65.9 Å². The lowest BCUT2D eigenvalue weighted by Crippen LogP contribution is -2.51. The molecule has 0 radical (unpaired) electrons. The van der Waals surface area contributed by atoms with Gasteiger partial charge in [-0.1, -0.05) is 18.2 Å². The van der Waals surface area contributed by atoms with Crippen LogP contribution in [0, 0.1) is 6.92 Å². The van der Waals surface area contributed by atoms with Crippen LogP contribution >= 0.6 is 0 Å². The van der Waals surface area contributed by atoms with Gasteiger partial charge in [0.2, 0.25) is 5.91 Å². The Morgan fingerprint density at radius 3 is 2.59 bits per heavy atom. The molecule has 2 aliphatic rings. The zero-order valence-electron chi connectivity index (χ0n) is 18.6. The van der Waals surface area contributed by atoms with E-state index >= 15 is 0 Å². The molecule has 1 atom stereocenters. The van der Waals surface area contributed by atoms with Crippen LogP contribution in [0.5, 0.6) is 0 Å². The molecule has 3 aromatic rings. The SMILES string of the molecule is Cc1ccc2c(N3CCN(C(O)Cc4cccc(N5CCCC5=O)c4)CC3)cccc2n1. The van der Waals surface area contributed by atoms with Crippen LogP contribution in [0.3, 0.4) is 0 Å².